The summed E-state index contributed by atoms with van der Waals surface area (Å²) in [5, 5.41) is 8.12. The van der Waals surface area contributed by atoms with Crippen molar-refractivity contribution >= 4 is 0 Å². The lowest BCUT2D eigenvalue weighted by Crippen LogP contribution is -2.31. The molecule has 3 heteroatoms. The Morgan fingerprint density at radius 3 is 2.75 bits per heavy atom. The minimum atomic E-state index is 0.730. The summed E-state index contributed by atoms with van der Waals surface area (Å²) in [6.45, 7) is 3.12. The maximum absolute atomic E-state index is 4.47. The SMILES string of the molecule is CCc1cc(CNC2CCCCC2)n(C)n1. The Morgan fingerprint density at radius 1 is 1.38 bits per heavy atom. The van der Waals surface area contributed by atoms with E-state index in [1.807, 2.05) is 11.7 Å². The number of hydrogen-bond donors (Lipinski definition) is 1. The van der Waals surface area contributed by atoms with E-state index in [4.69, 9.17) is 0 Å². The highest BCUT2D eigenvalue weighted by molar-refractivity contribution is 5.10. The Bertz CT molecular complexity index is 324. The summed E-state index contributed by atoms with van der Waals surface area (Å²) >= 11 is 0. The van der Waals surface area contributed by atoms with Crippen molar-refractivity contribution in [1.82, 2.24) is 15.1 Å². The van der Waals surface area contributed by atoms with Gasteiger partial charge in [-0.2, -0.15) is 5.10 Å². The number of nitrogens with zero attached hydrogens (tertiary/aromatic N) is 2. The lowest BCUT2D eigenvalue weighted by atomic mass is 9.95. The van der Waals surface area contributed by atoms with Gasteiger partial charge in [0.15, 0.2) is 0 Å². The Kier molecular flexibility index (Phi) is 3.99. The van der Waals surface area contributed by atoms with Gasteiger partial charge in [0.2, 0.25) is 0 Å². The zero-order valence-electron chi connectivity index (χ0n) is 10.5. The van der Waals surface area contributed by atoms with Gasteiger partial charge in [-0.15, -0.1) is 0 Å². The van der Waals surface area contributed by atoms with Gasteiger partial charge in [0.1, 0.15) is 0 Å². The first-order valence-electron chi connectivity index (χ1n) is 6.54. The van der Waals surface area contributed by atoms with Crippen molar-refractivity contribution in [2.24, 2.45) is 7.05 Å². The van der Waals surface area contributed by atoms with Crippen molar-refractivity contribution in [3.8, 4) is 0 Å². The molecule has 0 unspecified atom stereocenters. The average Bonchev–Trinajstić information content (AvgIpc) is 2.69. The van der Waals surface area contributed by atoms with Crippen molar-refractivity contribution in [3.63, 3.8) is 0 Å². The van der Waals surface area contributed by atoms with Crippen LogP contribution in [0.3, 0.4) is 0 Å². The molecule has 1 aromatic rings. The predicted octanol–water partition coefficient (Wildman–Crippen LogP) is 2.40. The quantitative estimate of drug-likeness (QED) is 0.846. The first kappa shape index (κ1) is 11.6. The molecular weight excluding hydrogens is 198 g/mol. The number of aromatic nitrogens is 2. The van der Waals surface area contributed by atoms with Gasteiger partial charge in [-0.3, -0.25) is 4.68 Å². The molecule has 1 aliphatic rings. The molecule has 3 nitrogen and oxygen atoms in total. The van der Waals surface area contributed by atoms with Crippen molar-refractivity contribution in [3.05, 3.63) is 17.5 Å². The van der Waals surface area contributed by atoms with E-state index < -0.39 is 0 Å². The molecule has 0 saturated heterocycles. The van der Waals surface area contributed by atoms with Crippen molar-refractivity contribution in [1.29, 1.82) is 0 Å². The lowest BCUT2D eigenvalue weighted by molar-refractivity contribution is 0.368. The number of aryl methyl sites for hydroxylation is 2. The summed E-state index contributed by atoms with van der Waals surface area (Å²) in [6, 6.07) is 2.95. The molecule has 1 fully saturated rings. The number of hydrogen-bond acceptors (Lipinski definition) is 2. The van der Waals surface area contributed by atoms with Crippen LogP contribution in [0.5, 0.6) is 0 Å². The Morgan fingerprint density at radius 2 is 2.12 bits per heavy atom. The first-order valence-corrected chi connectivity index (χ1v) is 6.54. The molecule has 0 aromatic carbocycles. The molecule has 2 rings (SSSR count). The molecule has 1 saturated carbocycles. The van der Waals surface area contributed by atoms with Gasteiger partial charge >= 0.3 is 0 Å². The summed E-state index contributed by atoms with van der Waals surface area (Å²) in [5.74, 6) is 0. The third-order valence-corrected chi connectivity index (χ3v) is 3.57. The minimum absolute atomic E-state index is 0.730. The van der Waals surface area contributed by atoms with Crippen LogP contribution in [0.25, 0.3) is 0 Å². The van der Waals surface area contributed by atoms with Gasteiger partial charge in [0.05, 0.1) is 11.4 Å². The summed E-state index contributed by atoms with van der Waals surface area (Å²) in [7, 11) is 2.04. The Labute approximate surface area is 98.2 Å². The first-order chi connectivity index (χ1) is 7.79. The molecule has 16 heavy (non-hydrogen) atoms. The molecule has 1 N–H and O–H groups in total. The van der Waals surface area contributed by atoms with Crippen LogP contribution in [0.4, 0.5) is 0 Å². The predicted molar refractivity (Wildman–Crippen MR) is 66.3 cm³/mol. The van der Waals surface area contributed by atoms with Gasteiger partial charge in [-0.1, -0.05) is 26.2 Å². The van der Waals surface area contributed by atoms with E-state index in [9.17, 15) is 0 Å². The van der Waals surface area contributed by atoms with Crippen molar-refractivity contribution in [2.75, 3.05) is 0 Å². The van der Waals surface area contributed by atoms with Crippen LogP contribution in [0.15, 0.2) is 6.07 Å². The van der Waals surface area contributed by atoms with Crippen LogP contribution in [0.1, 0.15) is 50.4 Å². The van der Waals surface area contributed by atoms with E-state index in [1.54, 1.807) is 0 Å². The molecule has 1 aromatic heterocycles. The van der Waals surface area contributed by atoms with Gasteiger partial charge in [0.25, 0.3) is 0 Å². The zero-order chi connectivity index (χ0) is 11.4. The highest BCUT2D eigenvalue weighted by atomic mass is 15.3. The maximum atomic E-state index is 4.47. The fraction of sp³-hybridized carbons (Fsp3) is 0.769. The van der Waals surface area contributed by atoms with Crippen molar-refractivity contribution in [2.45, 2.75) is 58.0 Å². The van der Waals surface area contributed by atoms with Crippen molar-refractivity contribution < 1.29 is 0 Å². The minimum Gasteiger partial charge on any atom is -0.308 e. The van der Waals surface area contributed by atoms with Gasteiger partial charge < -0.3 is 5.32 Å². The third kappa shape index (κ3) is 2.85. The van der Waals surface area contributed by atoms with Crippen LogP contribution in [-0.2, 0) is 20.0 Å². The number of rotatable bonds is 4. The summed E-state index contributed by atoms with van der Waals surface area (Å²) < 4.78 is 2.01. The molecule has 0 spiro atoms. The molecule has 0 atom stereocenters. The molecule has 0 amide bonds. The molecule has 1 heterocycles. The summed E-state index contributed by atoms with van der Waals surface area (Å²) in [5.41, 5.74) is 2.50. The van der Waals surface area contributed by atoms with Gasteiger partial charge in [-0.25, -0.2) is 0 Å². The largest absolute Gasteiger partial charge is 0.308 e. The molecule has 0 bridgehead atoms. The van der Waals surface area contributed by atoms with Gasteiger partial charge in [-0.05, 0) is 25.3 Å². The molecule has 0 radical (unpaired) electrons. The monoisotopic (exact) mass is 221 g/mol. The Balaban J connectivity index is 1.85. The molecular formula is C13H23N3. The standard InChI is InChI=1S/C13H23N3/c1-3-11-9-13(16(2)15-11)10-14-12-7-5-4-6-8-12/h9,12,14H,3-8,10H2,1-2H3. The molecule has 1 aliphatic carbocycles. The smallest absolute Gasteiger partial charge is 0.0625 e. The topological polar surface area (TPSA) is 29.9 Å². The third-order valence-electron chi connectivity index (χ3n) is 3.57. The van der Waals surface area contributed by atoms with E-state index in [2.05, 4.69) is 23.4 Å². The summed E-state index contributed by atoms with van der Waals surface area (Å²) in [4.78, 5) is 0. The Hall–Kier alpha value is -0.830. The van der Waals surface area contributed by atoms with E-state index in [0.29, 0.717) is 0 Å². The summed E-state index contributed by atoms with van der Waals surface area (Å²) in [6.07, 6.45) is 7.92. The number of nitrogens with one attached hydrogen (secondary N) is 1. The fourth-order valence-electron chi connectivity index (χ4n) is 2.47. The van der Waals surface area contributed by atoms with E-state index >= 15 is 0 Å². The second kappa shape index (κ2) is 5.48. The van der Waals surface area contributed by atoms with E-state index in [1.165, 1.54) is 43.5 Å². The van der Waals surface area contributed by atoms with Crippen LogP contribution in [-0.4, -0.2) is 15.8 Å². The van der Waals surface area contributed by atoms with Gasteiger partial charge in [0, 0.05) is 19.6 Å². The van der Waals surface area contributed by atoms with E-state index in [0.717, 1.165) is 19.0 Å². The van der Waals surface area contributed by atoms with Crippen LogP contribution in [0, 0.1) is 0 Å². The molecule has 0 aliphatic heterocycles. The average molecular weight is 221 g/mol. The lowest BCUT2D eigenvalue weighted by Gasteiger charge is -2.22. The highest BCUT2D eigenvalue weighted by Gasteiger charge is 2.13. The van der Waals surface area contributed by atoms with E-state index in [-0.39, 0.29) is 0 Å². The van der Waals surface area contributed by atoms with Crippen LogP contribution >= 0.6 is 0 Å². The van der Waals surface area contributed by atoms with Crippen LogP contribution in [0.2, 0.25) is 0 Å². The molecule has 90 valence electrons. The zero-order valence-corrected chi connectivity index (χ0v) is 10.5. The maximum Gasteiger partial charge on any atom is 0.0625 e. The van der Waals surface area contributed by atoms with Crippen LogP contribution < -0.4 is 5.32 Å². The fourth-order valence-corrected chi connectivity index (χ4v) is 2.47. The normalized spacial score (nSPS) is 17.9. The second-order valence-corrected chi connectivity index (χ2v) is 4.82. The highest BCUT2D eigenvalue weighted by Crippen LogP contribution is 2.17. The second-order valence-electron chi connectivity index (χ2n) is 4.82.